The molecule has 10 nitrogen and oxygen atoms in total. The number of rotatable bonds is 3. The second kappa shape index (κ2) is 5.22. The molecular weight excluding hydrogens is 256 g/mol. The number of aliphatic hydroxyl groups is 1. The molecule has 104 valence electrons. The average Bonchev–Trinajstić information content (AvgIpc) is 2.66. The predicted molar refractivity (Wildman–Crippen MR) is 61.7 cm³/mol. The van der Waals surface area contributed by atoms with Crippen LogP contribution in [0.4, 0.5) is 0 Å². The van der Waals surface area contributed by atoms with E-state index in [2.05, 4.69) is 20.1 Å². The predicted octanol–water partition coefficient (Wildman–Crippen LogP) is 1.21. The monoisotopic (exact) mass is 270 g/mol. The first-order valence-electron chi connectivity index (χ1n) is 5.73. The summed E-state index contributed by atoms with van der Waals surface area (Å²) in [6.07, 6.45) is -3.36. The van der Waals surface area contributed by atoms with Gasteiger partial charge in [-0.25, -0.2) is 0 Å². The van der Waals surface area contributed by atoms with Gasteiger partial charge < -0.3 is 19.3 Å². The molecule has 2 rings (SSSR count). The Balaban J connectivity index is 2.22. The minimum Gasteiger partial charge on any atom is -0.390 e. The van der Waals surface area contributed by atoms with E-state index in [9.17, 15) is 5.11 Å². The molecule has 0 radical (unpaired) electrons. The molecule has 0 saturated carbocycles. The highest BCUT2D eigenvalue weighted by molar-refractivity contribution is 4.98. The molecule has 0 unspecified atom stereocenters. The number of fused-ring (bicyclic) bond motifs is 1. The van der Waals surface area contributed by atoms with E-state index in [-0.39, 0.29) is 6.54 Å². The van der Waals surface area contributed by atoms with Crippen molar-refractivity contribution in [3.8, 4) is 0 Å². The molecule has 5 atom stereocenters. The zero-order valence-electron chi connectivity index (χ0n) is 10.4. The number of ether oxygens (including phenoxy) is 3. The Bertz CT molecular complexity index is 444. The lowest BCUT2D eigenvalue weighted by molar-refractivity contribution is -0.221. The summed E-state index contributed by atoms with van der Waals surface area (Å²) in [7, 11) is 0. The summed E-state index contributed by atoms with van der Waals surface area (Å²) >= 11 is 0. The molecule has 0 bridgehead atoms. The van der Waals surface area contributed by atoms with Crippen LogP contribution in [0.1, 0.15) is 13.8 Å². The summed E-state index contributed by atoms with van der Waals surface area (Å²) in [6.45, 7) is 3.31. The SMILES string of the molecule is CC1(C)O[C@@H]2O[C@H](CN=[N+]=[N-])[C@@H](N=[N+]=[N-])[C@H](O)[C@@H]2O1. The highest BCUT2D eigenvalue weighted by atomic mass is 16.8. The van der Waals surface area contributed by atoms with Crippen molar-refractivity contribution in [3.63, 3.8) is 0 Å². The second-order valence-corrected chi connectivity index (χ2v) is 4.74. The summed E-state index contributed by atoms with van der Waals surface area (Å²) < 4.78 is 16.5. The molecular formula is C9H14N6O4. The molecule has 0 amide bonds. The Morgan fingerprint density at radius 1 is 1.26 bits per heavy atom. The van der Waals surface area contributed by atoms with Gasteiger partial charge in [-0.15, -0.1) is 0 Å². The third-order valence-electron chi connectivity index (χ3n) is 2.97. The quantitative estimate of drug-likeness (QED) is 0.466. The van der Waals surface area contributed by atoms with Gasteiger partial charge in [-0.05, 0) is 24.9 Å². The van der Waals surface area contributed by atoms with Gasteiger partial charge in [0.05, 0.1) is 24.8 Å². The minimum atomic E-state index is -1.09. The van der Waals surface area contributed by atoms with Gasteiger partial charge >= 0.3 is 0 Å². The molecule has 2 fully saturated rings. The topological polar surface area (TPSA) is 145 Å². The Morgan fingerprint density at radius 3 is 2.63 bits per heavy atom. The standard InChI is InChI=1S/C9H14N6O4/c1-9(2)18-7-6(16)5(13-15-11)4(3-12-14-10)17-8(7)19-9/h4-8,16H,3H2,1-2H3/t4-,5-,6+,7+,8+/m1/s1. The zero-order valence-corrected chi connectivity index (χ0v) is 10.4. The number of aliphatic hydroxyl groups excluding tert-OH is 1. The first-order valence-corrected chi connectivity index (χ1v) is 5.73. The van der Waals surface area contributed by atoms with Crippen LogP contribution in [0.25, 0.3) is 20.9 Å². The third-order valence-corrected chi connectivity index (χ3v) is 2.97. The van der Waals surface area contributed by atoms with Gasteiger partial charge in [-0.3, -0.25) is 0 Å². The number of azide groups is 2. The third kappa shape index (κ3) is 2.74. The lowest BCUT2D eigenvalue weighted by Gasteiger charge is -2.37. The van der Waals surface area contributed by atoms with Crippen LogP contribution in [0.5, 0.6) is 0 Å². The molecule has 2 aliphatic rings. The van der Waals surface area contributed by atoms with Crippen molar-refractivity contribution in [1.29, 1.82) is 0 Å². The number of hydrogen-bond donors (Lipinski definition) is 1. The van der Waals surface area contributed by atoms with Gasteiger partial charge in [0.25, 0.3) is 0 Å². The fraction of sp³-hybridized carbons (Fsp3) is 1.00. The molecule has 0 aromatic heterocycles. The summed E-state index contributed by atoms with van der Waals surface area (Å²) in [5, 5.41) is 17.1. The van der Waals surface area contributed by atoms with Crippen molar-refractivity contribution in [2.45, 2.75) is 50.3 Å². The first kappa shape index (κ1) is 13.9. The van der Waals surface area contributed by atoms with E-state index in [4.69, 9.17) is 25.3 Å². The summed E-state index contributed by atoms with van der Waals surface area (Å²) in [5.74, 6) is -0.898. The molecule has 0 aromatic rings. The van der Waals surface area contributed by atoms with Gasteiger partial charge in [-0.2, -0.15) is 0 Å². The van der Waals surface area contributed by atoms with Gasteiger partial charge in [0.1, 0.15) is 6.10 Å². The zero-order chi connectivity index (χ0) is 14.0. The van der Waals surface area contributed by atoms with E-state index in [1.54, 1.807) is 13.8 Å². The van der Waals surface area contributed by atoms with E-state index in [1.165, 1.54) is 0 Å². The van der Waals surface area contributed by atoms with E-state index < -0.39 is 36.4 Å². The van der Waals surface area contributed by atoms with Crippen LogP contribution in [-0.2, 0) is 14.2 Å². The maximum absolute atomic E-state index is 10.2. The highest BCUT2D eigenvalue weighted by Gasteiger charge is 2.53. The smallest absolute Gasteiger partial charge is 0.190 e. The van der Waals surface area contributed by atoms with Crippen LogP contribution in [0, 0.1) is 0 Å². The fourth-order valence-corrected chi connectivity index (χ4v) is 2.23. The van der Waals surface area contributed by atoms with Crippen LogP contribution in [-0.4, -0.2) is 48.1 Å². The van der Waals surface area contributed by atoms with Gasteiger partial charge in [0.15, 0.2) is 12.1 Å². The number of nitrogens with zero attached hydrogens (tertiary/aromatic N) is 6. The minimum absolute atomic E-state index is 0.0652. The molecule has 1 N–H and O–H groups in total. The molecule has 10 heteroatoms. The molecule has 0 aromatic carbocycles. The van der Waals surface area contributed by atoms with Crippen LogP contribution in [0.15, 0.2) is 10.2 Å². The average molecular weight is 270 g/mol. The molecule has 0 spiro atoms. The van der Waals surface area contributed by atoms with Crippen molar-refractivity contribution in [1.82, 2.24) is 0 Å². The first-order chi connectivity index (χ1) is 8.98. The molecule has 2 aliphatic heterocycles. The van der Waals surface area contributed by atoms with E-state index in [1.807, 2.05) is 0 Å². The molecule has 2 saturated heterocycles. The Kier molecular flexibility index (Phi) is 3.81. The van der Waals surface area contributed by atoms with Crippen molar-refractivity contribution in [2.24, 2.45) is 10.2 Å². The lowest BCUT2D eigenvalue weighted by Crippen LogP contribution is -2.56. The van der Waals surface area contributed by atoms with E-state index >= 15 is 0 Å². The Labute approximate surface area is 108 Å². The summed E-state index contributed by atoms with van der Waals surface area (Å²) in [4.78, 5) is 5.29. The van der Waals surface area contributed by atoms with Crippen LogP contribution in [0.2, 0.25) is 0 Å². The summed E-state index contributed by atoms with van der Waals surface area (Å²) in [5.41, 5.74) is 16.9. The molecule has 19 heavy (non-hydrogen) atoms. The van der Waals surface area contributed by atoms with Crippen molar-refractivity contribution < 1.29 is 19.3 Å². The second-order valence-electron chi connectivity index (χ2n) is 4.74. The maximum Gasteiger partial charge on any atom is 0.190 e. The van der Waals surface area contributed by atoms with E-state index in [0.29, 0.717) is 0 Å². The Hall–Kier alpha value is -1.54. The van der Waals surface area contributed by atoms with Crippen molar-refractivity contribution >= 4 is 0 Å². The lowest BCUT2D eigenvalue weighted by atomic mass is 9.97. The van der Waals surface area contributed by atoms with Crippen molar-refractivity contribution in [2.75, 3.05) is 6.54 Å². The molecule has 0 aliphatic carbocycles. The van der Waals surface area contributed by atoms with Crippen LogP contribution >= 0.6 is 0 Å². The normalized spacial score (nSPS) is 39.8. The maximum atomic E-state index is 10.2. The summed E-state index contributed by atoms with van der Waals surface area (Å²) in [6, 6.07) is -0.894. The molecule has 2 heterocycles. The number of hydrogen-bond acceptors (Lipinski definition) is 6. The van der Waals surface area contributed by atoms with Gasteiger partial charge in [-0.1, -0.05) is 10.2 Å². The van der Waals surface area contributed by atoms with Crippen molar-refractivity contribution in [3.05, 3.63) is 20.9 Å². The van der Waals surface area contributed by atoms with E-state index in [0.717, 1.165) is 0 Å². The van der Waals surface area contributed by atoms with Crippen LogP contribution in [0.3, 0.4) is 0 Å². The van der Waals surface area contributed by atoms with Crippen LogP contribution < -0.4 is 0 Å². The van der Waals surface area contributed by atoms with Gasteiger partial charge in [0.2, 0.25) is 0 Å². The fourth-order valence-electron chi connectivity index (χ4n) is 2.23. The largest absolute Gasteiger partial charge is 0.390 e. The highest BCUT2D eigenvalue weighted by Crippen LogP contribution is 2.37. The Morgan fingerprint density at radius 2 is 2.00 bits per heavy atom. The van der Waals surface area contributed by atoms with Gasteiger partial charge in [0, 0.05) is 9.82 Å².